The zero-order valence-electron chi connectivity index (χ0n) is 23.6. The van der Waals surface area contributed by atoms with Crippen LogP contribution in [0.1, 0.15) is 64.4 Å². The Morgan fingerprint density at radius 1 is 1.00 bits per heavy atom. The van der Waals surface area contributed by atoms with Crippen molar-refractivity contribution in [1.29, 1.82) is 0 Å². The summed E-state index contributed by atoms with van der Waals surface area (Å²) < 4.78 is 0. The number of amides is 2. The second kappa shape index (κ2) is 11.1. The first-order valence-corrected chi connectivity index (χ1v) is 14.1. The van der Waals surface area contributed by atoms with E-state index in [0.29, 0.717) is 31.0 Å². The third kappa shape index (κ3) is 6.08. The molecule has 0 unspecified atom stereocenters. The van der Waals surface area contributed by atoms with Gasteiger partial charge in [0.15, 0.2) is 5.82 Å². The maximum Gasteiger partial charge on any atom is 0.225 e. The Hall–Kier alpha value is -3.62. The molecule has 40 heavy (non-hydrogen) atoms. The van der Waals surface area contributed by atoms with Crippen molar-refractivity contribution < 1.29 is 14.7 Å². The molecule has 2 aliphatic rings. The van der Waals surface area contributed by atoms with E-state index in [0.717, 1.165) is 53.6 Å². The standard InChI is InChI=1S/C32H39N5O3/c1-21(38)37(3)26-15-9-22(10-16-26)17-29(39)34-28-18-27(23-7-5-4-6-8-23)30(36-35-28)24-11-13-25(14-12-24)32(33)19-31(2,40)20-32/h4-8,11-14,18,22,26,40H,9-10,15-17,19-20,33H2,1-3H3,(H,34,35,39)/t22-,26-,31?,32?. The van der Waals surface area contributed by atoms with Crippen LogP contribution in [0.25, 0.3) is 22.4 Å². The van der Waals surface area contributed by atoms with Crippen LogP contribution in [0.4, 0.5) is 5.82 Å². The molecule has 8 nitrogen and oxygen atoms in total. The maximum absolute atomic E-state index is 12.9. The first-order chi connectivity index (χ1) is 19.0. The molecule has 1 heterocycles. The highest BCUT2D eigenvalue weighted by Gasteiger charge is 2.49. The van der Waals surface area contributed by atoms with Crippen LogP contribution in [0.15, 0.2) is 60.7 Å². The first-order valence-electron chi connectivity index (χ1n) is 14.1. The third-order valence-corrected chi connectivity index (χ3v) is 8.61. The van der Waals surface area contributed by atoms with Crippen molar-refractivity contribution >= 4 is 17.6 Å². The van der Waals surface area contributed by atoms with Gasteiger partial charge in [0.2, 0.25) is 11.8 Å². The number of anilines is 1. The summed E-state index contributed by atoms with van der Waals surface area (Å²) >= 11 is 0. The van der Waals surface area contributed by atoms with Gasteiger partial charge in [-0.3, -0.25) is 9.59 Å². The number of nitrogens with one attached hydrogen (secondary N) is 1. The normalized spacial score (nSPS) is 26.0. The summed E-state index contributed by atoms with van der Waals surface area (Å²) in [5.74, 6) is 0.732. The van der Waals surface area contributed by atoms with Gasteiger partial charge < -0.3 is 21.1 Å². The van der Waals surface area contributed by atoms with Gasteiger partial charge in [0.25, 0.3) is 0 Å². The minimum atomic E-state index is -0.717. The number of benzene rings is 2. The fraction of sp³-hybridized carbons (Fsp3) is 0.438. The molecule has 0 bridgehead atoms. The van der Waals surface area contributed by atoms with Gasteiger partial charge in [-0.25, -0.2) is 0 Å². The number of carbonyl (C=O) groups excluding carboxylic acids is 2. The minimum Gasteiger partial charge on any atom is -0.390 e. The summed E-state index contributed by atoms with van der Waals surface area (Å²) in [6.07, 6.45) is 5.17. The lowest BCUT2D eigenvalue weighted by atomic mass is 9.63. The molecule has 1 aromatic heterocycles. The van der Waals surface area contributed by atoms with Gasteiger partial charge in [-0.2, -0.15) is 0 Å². The van der Waals surface area contributed by atoms with Gasteiger partial charge in [-0.05, 0) is 68.6 Å². The second-order valence-corrected chi connectivity index (χ2v) is 12.0. The molecule has 0 radical (unpaired) electrons. The summed E-state index contributed by atoms with van der Waals surface area (Å²) in [5, 5.41) is 22.1. The average Bonchev–Trinajstić information content (AvgIpc) is 2.92. The van der Waals surface area contributed by atoms with Crippen LogP contribution in [-0.4, -0.2) is 50.7 Å². The van der Waals surface area contributed by atoms with Crippen LogP contribution in [0.2, 0.25) is 0 Å². The summed E-state index contributed by atoms with van der Waals surface area (Å²) in [7, 11) is 1.86. The van der Waals surface area contributed by atoms with Crippen molar-refractivity contribution in [2.75, 3.05) is 12.4 Å². The van der Waals surface area contributed by atoms with Gasteiger partial charge in [-0.15, -0.1) is 10.2 Å². The first kappa shape index (κ1) is 27.9. The molecule has 5 rings (SSSR count). The molecule has 3 aromatic rings. The molecular formula is C32H39N5O3. The van der Waals surface area contributed by atoms with Crippen LogP contribution in [0, 0.1) is 5.92 Å². The predicted molar refractivity (Wildman–Crippen MR) is 156 cm³/mol. The van der Waals surface area contributed by atoms with Crippen molar-refractivity contribution in [1.82, 2.24) is 15.1 Å². The molecule has 0 saturated heterocycles. The molecule has 2 saturated carbocycles. The quantitative estimate of drug-likeness (QED) is 0.392. The Morgan fingerprint density at radius 3 is 2.25 bits per heavy atom. The number of carbonyl (C=O) groups is 2. The van der Waals surface area contributed by atoms with E-state index in [1.54, 1.807) is 6.92 Å². The number of nitrogens with zero attached hydrogens (tertiary/aromatic N) is 3. The molecule has 8 heteroatoms. The summed E-state index contributed by atoms with van der Waals surface area (Å²) in [6, 6.07) is 20.1. The highest BCUT2D eigenvalue weighted by atomic mass is 16.3. The monoisotopic (exact) mass is 541 g/mol. The van der Waals surface area contributed by atoms with Gasteiger partial charge in [-0.1, -0.05) is 54.6 Å². The van der Waals surface area contributed by atoms with E-state index in [1.165, 1.54) is 0 Å². The number of rotatable bonds is 7. The van der Waals surface area contributed by atoms with Crippen LogP contribution >= 0.6 is 0 Å². The smallest absolute Gasteiger partial charge is 0.225 e. The average molecular weight is 542 g/mol. The molecule has 2 amide bonds. The number of nitrogens with two attached hydrogens (primary N) is 1. The molecule has 0 spiro atoms. The fourth-order valence-corrected chi connectivity index (χ4v) is 6.42. The van der Waals surface area contributed by atoms with Crippen LogP contribution < -0.4 is 11.1 Å². The largest absolute Gasteiger partial charge is 0.390 e. The maximum atomic E-state index is 12.9. The molecule has 4 N–H and O–H groups in total. The van der Waals surface area contributed by atoms with Crippen molar-refractivity contribution in [2.45, 2.75) is 76.0 Å². The molecule has 2 aliphatic carbocycles. The van der Waals surface area contributed by atoms with E-state index >= 15 is 0 Å². The summed E-state index contributed by atoms with van der Waals surface area (Å²) in [4.78, 5) is 26.4. The van der Waals surface area contributed by atoms with E-state index in [4.69, 9.17) is 5.73 Å². The van der Waals surface area contributed by atoms with E-state index in [1.807, 2.05) is 79.5 Å². The van der Waals surface area contributed by atoms with Crippen LogP contribution in [0.3, 0.4) is 0 Å². The predicted octanol–water partition coefficient (Wildman–Crippen LogP) is 4.88. The van der Waals surface area contributed by atoms with E-state index in [-0.39, 0.29) is 17.9 Å². The zero-order chi connectivity index (χ0) is 28.5. The SMILES string of the molecule is CC(=O)N(C)[C@H]1CC[C@H](CC(=O)Nc2cc(-c3ccccc3)c(-c3ccc(C4(N)CC(C)(O)C4)cc3)nn2)CC1. The number of hydrogen-bond acceptors (Lipinski definition) is 6. The Bertz CT molecular complexity index is 1360. The van der Waals surface area contributed by atoms with E-state index in [9.17, 15) is 14.7 Å². The highest BCUT2D eigenvalue weighted by molar-refractivity contribution is 5.91. The Labute approximate surface area is 236 Å². The van der Waals surface area contributed by atoms with Gasteiger partial charge in [0, 0.05) is 43.1 Å². The molecule has 0 aliphatic heterocycles. The lowest BCUT2D eigenvalue weighted by Crippen LogP contribution is -2.58. The third-order valence-electron chi connectivity index (χ3n) is 8.61. The Morgan fingerprint density at radius 2 is 1.65 bits per heavy atom. The van der Waals surface area contributed by atoms with Crippen molar-refractivity contribution in [3.63, 3.8) is 0 Å². The highest BCUT2D eigenvalue weighted by Crippen LogP contribution is 2.46. The van der Waals surface area contributed by atoms with Gasteiger partial charge >= 0.3 is 0 Å². The summed E-state index contributed by atoms with van der Waals surface area (Å²) in [5.41, 5.74) is 9.75. The van der Waals surface area contributed by atoms with Crippen molar-refractivity contribution in [2.24, 2.45) is 11.7 Å². The zero-order valence-corrected chi connectivity index (χ0v) is 23.6. The topological polar surface area (TPSA) is 121 Å². The second-order valence-electron chi connectivity index (χ2n) is 12.0. The molecule has 210 valence electrons. The fourth-order valence-electron chi connectivity index (χ4n) is 6.42. The Balaban J connectivity index is 1.30. The molecule has 0 atom stereocenters. The Kier molecular flexibility index (Phi) is 7.75. The van der Waals surface area contributed by atoms with Gasteiger partial charge in [0.1, 0.15) is 5.69 Å². The van der Waals surface area contributed by atoms with Crippen LogP contribution in [-0.2, 0) is 15.1 Å². The molecule has 2 aromatic carbocycles. The summed E-state index contributed by atoms with van der Waals surface area (Å²) in [6.45, 7) is 3.41. The van der Waals surface area contributed by atoms with Crippen LogP contribution in [0.5, 0.6) is 0 Å². The van der Waals surface area contributed by atoms with Crippen molar-refractivity contribution in [3.8, 4) is 22.4 Å². The van der Waals surface area contributed by atoms with E-state index < -0.39 is 11.1 Å². The molecular weight excluding hydrogens is 502 g/mol. The van der Waals surface area contributed by atoms with Crippen molar-refractivity contribution in [3.05, 3.63) is 66.2 Å². The minimum absolute atomic E-state index is 0.0709. The lowest BCUT2D eigenvalue weighted by Gasteiger charge is -2.49. The van der Waals surface area contributed by atoms with Gasteiger partial charge in [0.05, 0.1) is 5.60 Å². The molecule has 2 fully saturated rings. The lowest BCUT2D eigenvalue weighted by molar-refractivity contribution is -0.130. The number of hydrogen-bond donors (Lipinski definition) is 3. The number of aliphatic hydroxyl groups is 1. The number of aromatic nitrogens is 2. The van der Waals surface area contributed by atoms with E-state index in [2.05, 4.69) is 15.5 Å².